The first-order valence-corrected chi connectivity index (χ1v) is 12.4. The molecule has 4 aromatic heterocycles. The van der Waals surface area contributed by atoms with E-state index in [-0.39, 0.29) is 25.0 Å². The Bertz CT molecular complexity index is 1680. The number of imidazole rings is 1. The molecular formula is C25H20N8O3S. The minimum atomic E-state index is -0.127. The van der Waals surface area contributed by atoms with E-state index in [1.807, 2.05) is 40.9 Å². The van der Waals surface area contributed by atoms with Gasteiger partial charge < -0.3 is 15.2 Å². The van der Waals surface area contributed by atoms with Crippen molar-refractivity contribution in [3.8, 4) is 22.9 Å². The summed E-state index contributed by atoms with van der Waals surface area (Å²) in [5.74, 6) is 1.00. The number of amides is 1. The standard InChI is InChI=1S/C25H20N8O3S/c26-12-18-11-16(3-5-19(18)36-10-9-34)17-4-6-22-29-30-25(32(22)13-17)37-23-8-7-21-27-20(14-33(21)31-23)28-24(35)15-1-2-15/h3-8,11,13-15,34H,1-2,9-10H2,(H,28,35). The van der Waals surface area contributed by atoms with Crippen molar-refractivity contribution >= 4 is 34.8 Å². The Hall–Kier alpha value is -4.47. The zero-order valence-corrected chi connectivity index (χ0v) is 20.2. The molecule has 1 aliphatic carbocycles. The molecule has 4 heterocycles. The van der Waals surface area contributed by atoms with Crippen molar-refractivity contribution in [1.82, 2.24) is 29.2 Å². The van der Waals surface area contributed by atoms with Gasteiger partial charge in [-0.2, -0.15) is 10.4 Å². The summed E-state index contributed by atoms with van der Waals surface area (Å²) in [7, 11) is 0. The molecule has 0 bridgehead atoms. The Morgan fingerprint density at radius 3 is 2.78 bits per heavy atom. The van der Waals surface area contributed by atoms with Crippen molar-refractivity contribution in [3.05, 3.63) is 60.4 Å². The van der Waals surface area contributed by atoms with Gasteiger partial charge in [0.25, 0.3) is 0 Å². The van der Waals surface area contributed by atoms with E-state index in [0.717, 1.165) is 24.0 Å². The molecule has 2 N–H and O–H groups in total. The van der Waals surface area contributed by atoms with E-state index < -0.39 is 0 Å². The van der Waals surface area contributed by atoms with Crippen molar-refractivity contribution < 1.29 is 14.6 Å². The zero-order chi connectivity index (χ0) is 25.4. The van der Waals surface area contributed by atoms with Gasteiger partial charge in [-0.3, -0.25) is 9.20 Å². The fourth-order valence-electron chi connectivity index (χ4n) is 3.84. The smallest absolute Gasteiger partial charge is 0.228 e. The predicted molar refractivity (Wildman–Crippen MR) is 134 cm³/mol. The number of aliphatic hydroxyl groups excluding tert-OH is 1. The van der Waals surface area contributed by atoms with Crippen LogP contribution in [0.1, 0.15) is 18.4 Å². The van der Waals surface area contributed by atoms with Gasteiger partial charge in [-0.1, -0.05) is 6.07 Å². The zero-order valence-electron chi connectivity index (χ0n) is 19.4. The van der Waals surface area contributed by atoms with Gasteiger partial charge in [0.1, 0.15) is 23.5 Å². The lowest BCUT2D eigenvalue weighted by Gasteiger charge is -2.09. The number of aliphatic hydroxyl groups is 1. The number of hydrogen-bond donors (Lipinski definition) is 2. The number of rotatable bonds is 8. The fraction of sp³-hybridized carbons (Fsp3) is 0.200. The average Bonchev–Trinajstić information content (AvgIpc) is 3.59. The van der Waals surface area contributed by atoms with Crippen LogP contribution >= 0.6 is 11.8 Å². The Labute approximate surface area is 214 Å². The molecule has 1 amide bonds. The third-order valence-corrected chi connectivity index (χ3v) is 6.73. The number of nitrogens with zero attached hydrogens (tertiary/aromatic N) is 7. The largest absolute Gasteiger partial charge is 0.490 e. The molecule has 12 heteroatoms. The summed E-state index contributed by atoms with van der Waals surface area (Å²) in [5.41, 5.74) is 3.38. The third-order valence-electron chi connectivity index (χ3n) is 5.84. The number of carbonyl (C=O) groups is 1. The van der Waals surface area contributed by atoms with Crippen molar-refractivity contribution in [2.45, 2.75) is 23.0 Å². The van der Waals surface area contributed by atoms with E-state index in [1.165, 1.54) is 11.8 Å². The SMILES string of the molecule is N#Cc1cc(-c2ccc3nnc(Sc4ccc5nc(NC(=O)C6CC6)cn5n4)n3c2)ccc1OCCO. The topological polar surface area (TPSA) is 143 Å². The summed E-state index contributed by atoms with van der Waals surface area (Å²) in [6.45, 7) is -0.00522. The second kappa shape index (κ2) is 9.53. The number of nitrogens with one attached hydrogen (secondary N) is 1. The maximum Gasteiger partial charge on any atom is 0.228 e. The Morgan fingerprint density at radius 1 is 1.14 bits per heavy atom. The molecule has 11 nitrogen and oxygen atoms in total. The van der Waals surface area contributed by atoms with Crippen LogP contribution in [0.3, 0.4) is 0 Å². The Kier molecular flexibility index (Phi) is 5.91. The number of benzene rings is 1. The maximum absolute atomic E-state index is 12.0. The van der Waals surface area contributed by atoms with Crippen molar-refractivity contribution in [2.24, 2.45) is 5.92 Å². The van der Waals surface area contributed by atoms with Gasteiger partial charge in [0.15, 0.2) is 17.1 Å². The molecule has 37 heavy (non-hydrogen) atoms. The molecule has 0 spiro atoms. The molecule has 0 radical (unpaired) electrons. The monoisotopic (exact) mass is 512 g/mol. The van der Waals surface area contributed by atoms with Crippen LogP contribution in [0, 0.1) is 17.2 Å². The van der Waals surface area contributed by atoms with Gasteiger partial charge in [-0.15, -0.1) is 10.2 Å². The Balaban J connectivity index is 1.26. The lowest BCUT2D eigenvalue weighted by atomic mass is 10.0. The molecule has 1 aromatic carbocycles. The number of fused-ring (bicyclic) bond motifs is 2. The van der Waals surface area contributed by atoms with E-state index in [0.29, 0.717) is 38.6 Å². The highest BCUT2D eigenvalue weighted by atomic mass is 32.2. The van der Waals surface area contributed by atoms with Crippen LogP contribution in [-0.2, 0) is 4.79 Å². The van der Waals surface area contributed by atoms with E-state index in [4.69, 9.17) is 9.84 Å². The number of hydrogen-bond acceptors (Lipinski definition) is 9. The summed E-state index contributed by atoms with van der Waals surface area (Å²) >= 11 is 1.35. The average molecular weight is 513 g/mol. The first-order chi connectivity index (χ1) is 18.1. The lowest BCUT2D eigenvalue weighted by molar-refractivity contribution is -0.117. The molecule has 1 saturated carbocycles. The normalized spacial score (nSPS) is 13.1. The minimum absolute atomic E-state index is 0.00189. The molecule has 5 aromatic rings. The second-order valence-corrected chi connectivity index (χ2v) is 9.48. The van der Waals surface area contributed by atoms with Gasteiger partial charge >= 0.3 is 0 Å². The third kappa shape index (κ3) is 4.69. The highest BCUT2D eigenvalue weighted by Gasteiger charge is 2.30. The van der Waals surface area contributed by atoms with E-state index in [2.05, 4.69) is 31.7 Å². The molecule has 0 unspecified atom stereocenters. The lowest BCUT2D eigenvalue weighted by Crippen LogP contribution is -2.13. The summed E-state index contributed by atoms with van der Waals surface area (Å²) in [4.78, 5) is 16.5. The number of aromatic nitrogens is 6. The molecule has 1 fully saturated rings. The second-order valence-electron chi connectivity index (χ2n) is 8.49. The molecule has 1 aliphatic rings. The highest BCUT2D eigenvalue weighted by Crippen LogP contribution is 2.31. The summed E-state index contributed by atoms with van der Waals surface area (Å²) < 4.78 is 8.93. The van der Waals surface area contributed by atoms with Gasteiger partial charge in [0.05, 0.1) is 18.4 Å². The van der Waals surface area contributed by atoms with E-state index >= 15 is 0 Å². The van der Waals surface area contributed by atoms with Gasteiger partial charge in [0, 0.05) is 12.1 Å². The number of nitriles is 1. The van der Waals surface area contributed by atoms with Crippen LogP contribution in [0.25, 0.3) is 22.4 Å². The highest BCUT2D eigenvalue weighted by molar-refractivity contribution is 7.99. The molecular weight excluding hydrogens is 492 g/mol. The molecule has 6 rings (SSSR count). The summed E-state index contributed by atoms with van der Waals surface area (Å²) in [6.07, 6.45) is 5.45. The minimum Gasteiger partial charge on any atom is -0.490 e. The molecule has 0 aliphatic heterocycles. The first-order valence-electron chi connectivity index (χ1n) is 11.6. The van der Waals surface area contributed by atoms with Gasteiger partial charge in [0.2, 0.25) is 11.1 Å². The summed E-state index contributed by atoms with van der Waals surface area (Å²) in [5, 5.41) is 35.8. The first kappa shape index (κ1) is 23.0. The number of carbonyl (C=O) groups excluding carboxylic acids is 1. The Morgan fingerprint density at radius 2 is 1.97 bits per heavy atom. The molecule has 0 atom stereocenters. The van der Waals surface area contributed by atoms with Crippen LogP contribution in [0.2, 0.25) is 0 Å². The van der Waals surface area contributed by atoms with Crippen LogP contribution in [0.15, 0.2) is 65.0 Å². The van der Waals surface area contributed by atoms with E-state index in [9.17, 15) is 10.1 Å². The van der Waals surface area contributed by atoms with Crippen LogP contribution in [-0.4, -0.2) is 53.4 Å². The molecule has 0 saturated heterocycles. The number of ether oxygens (including phenoxy) is 1. The quantitative estimate of drug-likeness (QED) is 0.320. The number of pyridine rings is 1. The van der Waals surface area contributed by atoms with Crippen LogP contribution < -0.4 is 10.1 Å². The van der Waals surface area contributed by atoms with E-state index in [1.54, 1.807) is 22.8 Å². The van der Waals surface area contributed by atoms with Crippen LogP contribution in [0.5, 0.6) is 5.75 Å². The molecule has 184 valence electrons. The predicted octanol–water partition coefficient (Wildman–Crippen LogP) is 3.18. The number of anilines is 1. The van der Waals surface area contributed by atoms with Crippen molar-refractivity contribution in [2.75, 3.05) is 18.5 Å². The van der Waals surface area contributed by atoms with Gasteiger partial charge in [-0.05, 0) is 72.1 Å². The van der Waals surface area contributed by atoms with Crippen molar-refractivity contribution in [3.63, 3.8) is 0 Å². The fourth-order valence-corrected chi connectivity index (χ4v) is 4.61. The van der Waals surface area contributed by atoms with Crippen LogP contribution in [0.4, 0.5) is 5.82 Å². The van der Waals surface area contributed by atoms with Gasteiger partial charge in [-0.25, -0.2) is 9.50 Å². The van der Waals surface area contributed by atoms with Crippen molar-refractivity contribution in [1.29, 1.82) is 5.26 Å². The maximum atomic E-state index is 12.0. The summed E-state index contributed by atoms with van der Waals surface area (Å²) in [6, 6.07) is 14.9.